The maximum atomic E-state index is 5.50. The van der Waals surface area contributed by atoms with Crippen LogP contribution in [0.15, 0.2) is 77.7 Å². The van der Waals surface area contributed by atoms with Crippen molar-refractivity contribution in [1.82, 2.24) is 0 Å². The van der Waals surface area contributed by atoms with E-state index in [0.29, 0.717) is 0 Å². The second-order valence-corrected chi connectivity index (χ2v) is 6.36. The second-order valence-electron chi connectivity index (χ2n) is 5.48. The summed E-state index contributed by atoms with van der Waals surface area (Å²) in [6, 6.07) is 25.2. The lowest BCUT2D eigenvalue weighted by atomic mass is 10.0. The van der Waals surface area contributed by atoms with Crippen LogP contribution in [0.25, 0.3) is 11.1 Å². The Hall–Kier alpha value is -2.39. The van der Waals surface area contributed by atoms with E-state index in [-0.39, 0.29) is 0 Å². The number of hydrogen-bond donors (Lipinski definition) is 1. The van der Waals surface area contributed by atoms with Crippen molar-refractivity contribution in [2.75, 3.05) is 18.7 Å². The van der Waals surface area contributed by atoms with Crippen molar-refractivity contribution >= 4 is 17.4 Å². The fraction of sp³-hybridized carbons (Fsp3) is 0.143. The first-order chi connectivity index (χ1) is 11.8. The Bertz CT molecular complexity index is 785. The lowest BCUT2D eigenvalue weighted by Crippen LogP contribution is -2.01. The minimum absolute atomic E-state index is 0.767. The number of ether oxygens (including phenoxy) is 1. The van der Waals surface area contributed by atoms with Gasteiger partial charge in [0, 0.05) is 11.4 Å². The zero-order valence-corrected chi connectivity index (χ0v) is 14.8. The van der Waals surface area contributed by atoms with Crippen LogP contribution < -0.4 is 10.1 Å². The summed E-state index contributed by atoms with van der Waals surface area (Å²) in [6.07, 6.45) is 2.09. The van der Waals surface area contributed by atoms with Crippen molar-refractivity contribution in [1.29, 1.82) is 0 Å². The molecule has 3 aromatic rings. The number of thioether (sulfide) groups is 1. The van der Waals surface area contributed by atoms with Crippen molar-refractivity contribution in [3.05, 3.63) is 78.4 Å². The maximum Gasteiger partial charge on any atom is 0.141 e. The first-order valence-corrected chi connectivity index (χ1v) is 9.13. The summed E-state index contributed by atoms with van der Waals surface area (Å²) in [4.78, 5) is 1.28. The van der Waals surface area contributed by atoms with Crippen molar-refractivity contribution in [3.8, 4) is 16.9 Å². The van der Waals surface area contributed by atoms with Gasteiger partial charge in [-0.1, -0.05) is 48.5 Å². The van der Waals surface area contributed by atoms with Crippen molar-refractivity contribution < 1.29 is 4.74 Å². The SMILES string of the molecule is COc1ccc(-c2ccccc2)cc1NCc1ccc(SC)cc1. The standard InChI is InChI=1S/C21H21NOS/c1-23-21-13-10-18(17-6-4-3-5-7-17)14-20(21)22-15-16-8-11-19(24-2)12-9-16/h3-14,22H,15H2,1-2H3. The number of anilines is 1. The molecule has 0 fully saturated rings. The molecule has 0 saturated heterocycles. The maximum absolute atomic E-state index is 5.50. The van der Waals surface area contributed by atoms with E-state index >= 15 is 0 Å². The van der Waals surface area contributed by atoms with Gasteiger partial charge in [0.2, 0.25) is 0 Å². The third-order valence-electron chi connectivity index (χ3n) is 3.95. The van der Waals surface area contributed by atoms with E-state index in [1.54, 1.807) is 18.9 Å². The highest BCUT2D eigenvalue weighted by atomic mass is 32.2. The van der Waals surface area contributed by atoms with Gasteiger partial charge >= 0.3 is 0 Å². The molecule has 24 heavy (non-hydrogen) atoms. The quantitative estimate of drug-likeness (QED) is 0.584. The van der Waals surface area contributed by atoms with Gasteiger partial charge in [0.1, 0.15) is 5.75 Å². The molecule has 0 bridgehead atoms. The van der Waals surface area contributed by atoms with E-state index < -0.39 is 0 Å². The highest BCUT2D eigenvalue weighted by Crippen LogP contribution is 2.31. The molecule has 2 nitrogen and oxygen atoms in total. The van der Waals surface area contributed by atoms with E-state index in [9.17, 15) is 0 Å². The highest BCUT2D eigenvalue weighted by molar-refractivity contribution is 7.98. The highest BCUT2D eigenvalue weighted by Gasteiger charge is 2.06. The zero-order valence-electron chi connectivity index (χ0n) is 14.0. The predicted octanol–water partition coefficient (Wildman–Crippen LogP) is 5.70. The minimum atomic E-state index is 0.767. The molecule has 122 valence electrons. The smallest absolute Gasteiger partial charge is 0.141 e. The molecular formula is C21H21NOS. The summed E-state index contributed by atoms with van der Waals surface area (Å²) < 4.78 is 5.50. The minimum Gasteiger partial charge on any atom is -0.495 e. The fourth-order valence-corrected chi connectivity index (χ4v) is 3.01. The number of hydrogen-bond acceptors (Lipinski definition) is 3. The Balaban J connectivity index is 1.80. The molecule has 0 radical (unpaired) electrons. The Morgan fingerprint density at radius 1 is 0.875 bits per heavy atom. The summed E-state index contributed by atoms with van der Waals surface area (Å²) >= 11 is 1.76. The van der Waals surface area contributed by atoms with Gasteiger partial charge in [0.05, 0.1) is 12.8 Å². The third-order valence-corrected chi connectivity index (χ3v) is 4.69. The van der Waals surface area contributed by atoms with E-state index in [2.05, 4.69) is 72.2 Å². The van der Waals surface area contributed by atoms with Gasteiger partial charge in [0.25, 0.3) is 0 Å². The van der Waals surface area contributed by atoms with E-state index in [0.717, 1.165) is 18.0 Å². The Kier molecular flexibility index (Phi) is 5.44. The molecule has 1 N–H and O–H groups in total. The van der Waals surface area contributed by atoms with Crippen LogP contribution in [0.3, 0.4) is 0 Å². The largest absolute Gasteiger partial charge is 0.495 e. The van der Waals surface area contributed by atoms with Crippen LogP contribution in [-0.4, -0.2) is 13.4 Å². The van der Waals surface area contributed by atoms with Gasteiger partial charge < -0.3 is 10.1 Å². The van der Waals surface area contributed by atoms with Crippen LogP contribution in [-0.2, 0) is 6.54 Å². The van der Waals surface area contributed by atoms with Gasteiger partial charge in [-0.05, 0) is 47.2 Å². The van der Waals surface area contributed by atoms with Crippen molar-refractivity contribution in [2.45, 2.75) is 11.4 Å². The second kappa shape index (κ2) is 7.93. The van der Waals surface area contributed by atoms with Gasteiger partial charge in [-0.15, -0.1) is 11.8 Å². The molecule has 0 aliphatic carbocycles. The molecular weight excluding hydrogens is 314 g/mol. The average molecular weight is 335 g/mol. The van der Waals surface area contributed by atoms with E-state index in [4.69, 9.17) is 4.74 Å². The predicted molar refractivity (Wildman–Crippen MR) is 104 cm³/mol. The van der Waals surface area contributed by atoms with Gasteiger partial charge in [-0.25, -0.2) is 0 Å². The molecule has 0 unspecified atom stereocenters. The molecule has 0 amide bonds. The lowest BCUT2D eigenvalue weighted by molar-refractivity contribution is 0.416. The molecule has 3 heteroatoms. The molecule has 0 spiro atoms. The molecule has 3 aromatic carbocycles. The molecule has 0 atom stereocenters. The Labute approximate surface area is 147 Å². The van der Waals surface area contributed by atoms with E-state index in [1.807, 2.05) is 12.1 Å². The molecule has 0 aromatic heterocycles. The molecule has 0 saturated carbocycles. The normalized spacial score (nSPS) is 10.4. The van der Waals surface area contributed by atoms with Crippen LogP contribution in [0, 0.1) is 0 Å². The average Bonchev–Trinajstić information content (AvgIpc) is 2.67. The zero-order chi connectivity index (χ0) is 16.8. The fourth-order valence-electron chi connectivity index (χ4n) is 2.60. The molecule has 0 heterocycles. The summed E-state index contributed by atoms with van der Waals surface area (Å²) in [5.41, 5.74) is 4.64. The van der Waals surface area contributed by atoms with Crippen molar-refractivity contribution in [3.63, 3.8) is 0 Å². The van der Waals surface area contributed by atoms with Crippen LogP contribution in [0.5, 0.6) is 5.75 Å². The number of benzene rings is 3. The molecule has 0 aliphatic rings. The first kappa shape index (κ1) is 16.5. The first-order valence-electron chi connectivity index (χ1n) is 7.90. The number of rotatable bonds is 6. The summed E-state index contributed by atoms with van der Waals surface area (Å²) in [5.74, 6) is 0.857. The van der Waals surface area contributed by atoms with E-state index in [1.165, 1.54) is 21.6 Å². The third kappa shape index (κ3) is 3.92. The van der Waals surface area contributed by atoms with Gasteiger partial charge in [-0.2, -0.15) is 0 Å². The van der Waals surface area contributed by atoms with Crippen molar-refractivity contribution in [2.24, 2.45) is 0 Å². The number of nitrogens with one attached hydrogen (secondary N) is 1. The van der Waals surface area contributed by atoms with Crippen LogP contribution >= 0.6 is 11.8 Å². The lowest BCUT2D eigenvalue weighted by Gasteiger charge is -2.13. The summed E-state index contributed by atoms with van der Waals surface area (Å²) in [5, 5.41) is 3.50. The van der Waals surface area contributed by atoms with Crippen LogP contribution in [0.2, 0.25) is 0 Å². The molecule has 0 aliphatic heterocycles. The Morgan fingerprint density at radius 3 is 2.29 bits per heavy atom. The van der Waals surface area contributed by atoms with Crippen LogP contribution in [0.4, 0.5) is 5.69 Å². The summed E-state index contributed by atoms with van der Waals surface area (Å²) in [6.45, 7) is 0.767. The molecule has 3 rings (SSSR count). The van der Waals surface area contributed by atoms with Crippen LogP contribution in [0.1, 0.15) is 5.56 Å². The Morgan fingerprint density at radius 2 is 1.62 bits per heavy atom. The summed E-state index contributed by atoms with van der Waals surface area (Å²) in [7, 11) is 1.70. The van der Waals surface area contributed by atoms with Gasteiger partial charge in [0.15, 0.2) is 0 Å². The van der Waals surface area contributed by atoms with Gasteiger partial charge in [-0.3, -0.25) is 0 Å². The topological polar surface area (TPSA) is 21.3 Å². The monoisotopic (exact) mass is 335 g/mol. The number of methoxy groups -OCH3 is 1.